The molecule has 0 unspecified atom stereocenters. The number of aromatic nitrogens is 4. The first-order chi connectivity index (χ1) is 13.3. The van der Waals surface area contributed by atoms with Gasteiger partial charge in [-0.05, 0) is 49.1 Å². The molecule has 0 saturated heterocycles. The third-order valence-corrected chi connectivity index (χ3v) is 4.04. The van der Waals surface area contributed by atoms with Crippen LogP contribution in [0.5, 0.6) is 5.75 Å². The Kier molecular flexibility index (Phi) is 5.16. The molecule has 1 aromatic carbocycles. The molecule has 9 nitrogen and oxygen atoms in total. The molecule has 0 spiro atoms. The van der Waals surface area contributed by atoms with Gasteiger partial charge in [0.15, 0.2) is 5.78 Å². The standard InChI is InChI=1S/C17H15F2N5O4/c1-10-7-14(15(25)8-22-9-20-17(21-22)24(26)27)11(2)23(10)12-3-5-13(6-4-12)28-16(18)19/h3-7,9,16H,8H2,1-2H3. The predicted octanol–water partition coefficient (Wildman–Crippen LogP) is 3.08. The third kappa shape index (κ3) is 3.87. The molecule has 0 bridgehead atoms. The Morgan fingerprint density at radius 3 is 2.54 bits per heavy atom. The quantitative estimate of drug-likeness (QED) is 0.348. The van der Waals surface area contributed by atoms with Crippen molar-refractivity contribution in [3.63, 3.8) is 0 Å². The first-order valence-corrected chi connectivity index (χ1v) is 8.07. The van der Waals surface area contributed by atoms with Gasteiger partial charge in [-0.1, -0.05) is 4.98 Å². The zero-order valence-electron chi connectivity index (χ0n) is 14.9. The van der Waals surface area contributed by atoms with Crippen molar-refractivity contribution in [2.75, 3.05) is 0 Å². The van der Waals surface area contributed by atoms with Crippen LogP contribution in [0.25, 0.3) is 5.69 Å². The molecule has 0 aliphatic rings. The summed E-state index contributed by atoms with van der Waals surface area (Å²) in [5.74, 6) is -0.841. The minimum atomic E-state index is -2.90. The van der Waals surface area contributed by atoms with Gasteiger partial charge in [-0.25, -0.2) is 0 Å². The molecule has 11 heteroatoms. The molecule has 0 fully saturated rings. The molecular formula is C17H15F2N5O4. The van der Waals surface area contributed by atoms with Crippen molar-refractivity contribution >= 4 is 11.7 Å². The Labute approximate surface area is 157 Å². The number of ketones is 1. The highest BCUT2D eigenvalue weighted by molar-refractivity contribution is 5.97. The molecule has 2 heterocycles. The topological polar surface area (TPSA) is 105 Å². The van der Waals surface area contributed by atoms with Crippen LogP contribution < -0.4 is 4.74 Å². The fourth-order valence-electron chi connectivity index (χ4n) is 2.90. The number of aryl methyl sites for hydroxylation is 1. The van der Waals surface area contributed by atoms with Crippen LogP contribution in [-0.4, -0.2) is 36.6 Å². The maximum Gasteiger partial charge on any atom is 0.490 e. The number of alkyl halides is 2. The molecule has 0 atom stereocenters. The first-order valence-electron chi connectivity index (χ1n) is 8.07. The SMILES string of the molecule is Cc1cc(C(=O)Cn2cnc([N+](=O)[O-])n2)c(C)n1-c1ccc(OC(F)F)cc1. The van der Waals surface area contributed by atoms with Crippen molar-refractivity contribution in [1.29, 1.82) is 0 Å². The molecule has 0 N–H and O–H groups in total. The lowest BCUT2D eigenvalue weighted by atomic mass is 10.1. The molecule has 0 saturated carbocycles. The van der Waals surface area contributed by atoms with Crippen molar-refractivity contribution in [3.8, 4) is 11.4 Å². The van der Waals surface area contributed by atoms with Crippen molar-refractivity contribution in [3.05, 3.63) is 63.7 Å². The number of nitrogens with zero attached hydrogens (tertiary/aromatic N) is 5. The van der Waals surface area contributed by atoms with Gasteiger partial charge in [0.1, 0.15) is 12.3 Å². The number of carbonyl (C=O) groups is 1. The number of hydrogen-bond donors (Lipinski definition) is 0. The third-order valence-electron chi connectivity index (χ3n) is 4.04. The Bertz CT molecular complexity index is 1030. The van der Waals surface area contributed by atoms with Gasteiger partial charge in [0.25, 0.3) is 0 Å². The number of Topliss-reactive ketones (excluding diaryl/α,β-unsaturated/α-hetero) is 1. The lowest BCUT2D eigenvalue weighted by Gasteiger charge is -2.11. The molecule has 0 aliphatic heterocycles. The second kappa shape index (κ2) is 7.55. The van der Waals surface area contributed by atoms with E-state index in [0.717, 1.165) is 16.7 Å². The van der Waals surface area contributed by atoms with Crippen molar-refractivity contribution in [1.82, 2.24) is 19.3 Å². The Balaban J connectivity index is 1.84. The summed E-state index contributed by atoms with van der Waals surface area (Å²) in [5, 5.41) is 14.3. The zero-order chi connectivity index (χ0) is 20.4. The average Bonchev–Trinajstić information content (AvgIpc) is 3.20. The fourth-order valence-corrected chi connectivity index (χ4v) is 2.90. The summed E-state index contributed by atoms with van der Waals surface area (Å²) in [4.78, 5) is 26.0. The van der Waals surface area contributed by atoms with Crippen molar-refractivity contribution in [2.24, 2.45) is 0 Å². The van der Waals surface area contributed by atoms with E-state index in [0.29, 0.717) is 16.9 Å². The highest BCUT2D eigenvalue weighted by Gasteiger charge is 2.20. The summed E-state index contributed by atoms with van der Waals surface area (Å²) in [6.45, 7) is 0.436. The minimum absolute atomic E-state index is 0.0327. The zero-order valence-corrected chi connectivity index (χ0v) is 14.9. The van der Waals surface area contributed by atoms with Gasteiger partial charge < -0.3 is 19.4 Å². The summed E-state index contributed by atoms with van der Waals surface area (Å²) in [5.41, 5.74) is 2.49. The van der Waals surface area contributed by atoms with Crippen molar-refractivity contribution in [2.45, 2.75) is 27.0 Å². The molecule has 2 aromatic heterocycles. The van der Waals surface area contributed by atoms with E-state index in [1.165, 1.54) is 12.1 Å². The van der Waals surface area contributed by atoms with Gasteiger partial charge in [0.2, 0.25) is 6.33 Å². The molecule has 3 rings (SSSR count). The van der Waals surface area contributed by atoms with E-state index >= 15 is 0 Å². The van der Waals surface area contributed by atoms with Gasteiger partial charge in [-0.15, -0.1) is 0 Å². The van der Waals surface area contributed by atoms with E-state index in [1.54, 1.807) is 36.6 Å². The number of hydrogen-bond acceptors (Lipinski definition) is 6. The summed E-state index contributed by atoms with van der Waals surface area (Å²) < 4.78 is 31.8. The Morgan fingerprint density at radius 1 is 1.29 bits per heavy atom. The summed E-state index contributed by atoms with van der Waals surface area (Å²) in [6.07, 6.45) is 1.12. The van der Waals surface area contributed by atoms with Crippen LogP contribution in [0, 0.1) is 24.0 Å². The predicted molar refractivity (Wildman–Crippen MR) is 92.9 cm³/mol. The number of halogens is 2. The van der Waals surface area contributed by atoms with Crippen LogP contribution in [0.15, 0.2) is 36.7 Å². The second-order valence-electron chi connectivity index (χ2n) is 5.92. The lowest BCUT2D eigenvalue weighted by Crippen LogP contribution is -2.12. The Morgan fingerprint density at radius 2 is 1.96 bits per heavy atom. The maximum absolute atomic E-state index is 12.6. The number of ether oxygens (including phenoxy) is 1. The van der Waals surface area contributed by atoms with E-state index in [9.17, 15) is 23.7 Å². The van der Waals surface area contributed by atoms with Crippen LogP contribution in [0.1, 0.15) is 21.7 Å². The monoisotopic (exact) mass is 391 g/mol. The molecular weight excluding hydrogens is 376 g/mol. The highest BCUT2D eigenvalue weighted by Crippen LogP contribution is 2.24. The highest BCUT2D eigenvalue weighted by atomic mass is 19.3. The van der Waals surface area contributed by atoms with Crippen LogP contribution in [0.3, 0.4) is 0 Å². The molecule has 3 aromatic rings. The normalized spacial score (nSPS) is 11.0. The van der Waals surface area contributed by atoms with Crippen LogP contribution in [0.2, 0.25) is 0 Å². The van der Waals surface area contributed by atoms with Crippen LogP contribution >= 0.6 is 0 Å². The van der Waals surface area contributed by atoms with E-state index in [2.05, 4.69) is 14.8 Å². The van der Waals surface area contributed by atoms with Crippen molar-refractivity contribution < 1.29 is 23.2 Å². The lowest BCUT2D eigenvalue weighted by molar-refractivity contribution is -0.394. The summed E-state index contributed by atoms with van der Waals surface area (Å²) in [7, 11) is 0. The van der Waals surface area contributed by atoms with Gasteiger partial charge in [-0.3, -0.25) is 4.79 Å². The molecule has 0 aliphatic carbocycles. The van der Waals surface area contributed by atoms with Gasteiger partial charge in [0.05, 0.1) is 0 Å². The smallest absolute Gasteiger partial charge is 0.435 e. The maximum atomic E-state index is 12.6. The van der Waals surface area contributed by atoms with E-state index < -0.39 is 17.5 Å². The van der Waals surface area contributed by atoms with E-state index in [-0.39, 0.29) is 18.1 Å². The number of rotatable bonds is 7. The van der Waals surface area contributed by atoms with Crippen LogP contribution in [-0.2, 0) is 6.54 Å². The molecule has 28 heavy (non-hydrogen) atoms. The molecule has 0 amide bonds. The van der Waals surface area contributed by atoms with Gasteiger partial charge >= 0.3 is 12.6 Å². The van der Waals surface area contributed by atoms with Crippen LogP contribution in [0.4, 0.5) is 14.7 Å². The van der Waals surface area contributed by atoms with E-state index in [1.807, 2.05) is 0 Å². The molecule has 146 valence electrons. The number of carbonyl (C=O) groups excluding carboxylic acids is 1. The second-order valence-corrected chi connectivity index (χ2v) is 5.92. The number of nitro groups is 1. The van der Waals surface area contributed by atoms with Gasteiger partial charge in [0, 0.05) is 27.7 Å². The first kappa shape index (κ1) is 19.1. The molecule has 0 radical (unpaired) electrons. The number of benzene rings is 1. The largest absolute Gasteiger partial charge is 0.490 e. The average molecular weight is 391 g/mol. The summed E-state index contributed by atoms with van der Waals surface area (Å²) >= 11 is 0. The van der Waals surface area contributed by atoms with Gasteiger partial charge in [-0.2, -0.15) is 13.5 Å². The minimum Gasteiger partial charge on any atom is -0.435 e. The van der Waals surface area contributed by atoms with E-state index in [4.69, 9.17) is 0 Å². The summed E-state index contributed by atoms with van der Waals surface area (Å²) in [6, 6.07) is 7.72. The Hall–Kier alpha value is -3.63. The fraction of sp³-hybridized carbons (Fsp3) is 0.235.